The molecule has 0 bridgehead atoms. The van der Waals surface area contributed by atoms with Gasteiger partial charge >= 0.3 is 6.09 Å². The first-order valence-corrected chi connectivity index (χ1v) is 11.2. The van der Waals surface area contributed by atoms with E-state index in [1.54, 1.807) is 41.9 Å². The van der Waals surface area contributed by atoms with Gasteiger partial charge in [-0.15, -0.1) is 22.7 Å². The Morgan fingerprint density at radius 2 is 2.17 bits per heavy atom. The number of thiophene rings is 2. The van der Waals surface area contributed by atoms with Gasteiger partial charge in [-0.05, 0) is 60.4 Å². The van der Waals surface area contributed by atoms with Gasteiger partial charge in [-0.25, -0.2) is 4.79 Å². The van der Waals surface area contributed by atoms with E-state index in [0.29, 0.717) is 17.2 Å². The van der Waals surface area contributed by atoms with E-state index < -0.39 is 0 Å². The highest BCUT2D eigenvalue weighted by atomic mass is 32.1. The summed E-state index contributed by atoms with van der Waals surface area (Å²) in [6.07, 6.45) is 8.46. The molecule has 0 aliphatic heterocycles. The highest BCUT2D eigenvalue weighted by Gasteiger charge is 2.27. The summed E-state index contributed by atoms with van der Waals surface area (Å²) in [5.74, 6) is -0.0554. The van der Waals surface area contributed by atoms with E-state index in [9.17, 15) is 14.9 Å². The molecule has 0 fully saturated rings. The number of fused-ring (bicyclic) bond motifs is 1. The van der Waals surface area contributed by atoms with Crippen LogP contribution in [0.4, 0.5) is 9.80 Å². The Morgan fingerprint density at radius 3 is 2.90 bits per heavy atom. The van der Waals surface area contributed by atoms with Crippen molar-refractivity contribution in [3.63, 3.8) is 0 Å². The Kier molecular flexibility index (Phi) is 6.12. The highest BCUT2D eigenvalue weighted by molar-refractivity contribution is 7.16. The molecular weight excluding hydrogens is 418 g/mol. The second kappa shape index (κ2) is 9.11. The number of hydrogen-bond donors (Lipinski definition) is 1. The molecule has 6 nitrogen and oxygen atoms in total. The first kappa shape index (κ1) is 20.1. The number of nitrogens with zero attached hydrogens (tertiary/aromatic N) is 2. The first-order chi connectivity index (χ1) is 14.6. The number of rotatable bonds is 5. The van der Waals surface area contributed by atoms with Crippen LogP contribution in [0.15, 0.2) is 48.1 Å². The maximum absolute atomic E-state index is 12.3. The van der Waals surface area contributed by atoms with Crippen LogP contribution < -0.4 is 5.32 Å². The standard InChI is InChI=1S/C22H19N3O3S2/c23-13-18-17-7-5-15(14-28-22(27)25-9-1-2-10-25)12-19(17)30-21(18)24-20(26)8-6-16-4-3-11-29-16/h1-4,6,8-11,15H,5,7,12,14H2,(H,24,26). The maximum Gasteiger partial charge on any atom is 0.417 e. The third kappa shape index (κ3) is 4.53. The van der Waals surface area contributed by atoms with Crippen molar-refractivity contribution in [3.8, 4) is 6.07 Å². The predicted octanol–water partition coefficient (Wildman–Crippen LogP) is 4.92. The smallest absolute Gasteiger partial charge is 0.417 e. The normalized spacial score (nSPS) is 15.5. The molecule has 1 unspecified atom stereocenters. The molecule has 1 atom stereocenters. The van der Waals surface area contributed by atoms with E-state index in [0.717, 1.165) is 34.6 Å². The van der Waals surface area contributed by atoms with E-state index in [2.05, 4.69) is 11.4 Å². The minimum absolute atomic E-state index is 0.199. The molecular formula is C22H19N3O3S2. The zero-order valence-corrected chi connectivity index (χ0v) is 17.7. The van der Waals surface area contributed by atoms with Crippen LogP contribution in [0.3, 0.4) is 0 Å². The number of aromatic nitrogens is 1. The molecule has 0 radical (unpaired) electrons. The minimum atomic E-state index is -0.389. The van der Waals surface area contributed by atoms with E-state index >= 15 is 0 Å². The summed E-state index contributed by atoms with van der Waals surface area (Å²) in [7, 11) is 0. The molecule has 152 valence electrons. The van der Waals surface area contributed by atoms with Crippen LogP contribution in [0.1, 0.15) is 27.3 Å². The number of carbonyl (C=O) groups excluding carboxylic acids is 2. The van der Waals surface area contributed by atoms with Gasteiger partial charge in [0.2, 0.25) is 5.91 Å². The van der Waals surface area contributed by atoms with Gasteiger partial charge in [0.1, 0.15) is 11.1 Å². The number of ether oxygens (including phenoxy) is 1. The monoisotopic (exact) mass is 437 g/mol. The number of amides is 1. The topological polar surface area (TPSA) is 84.1 Å². The number of carbonyl (C=O) groups is 2. The molecule has 0 saturated carbocycles. The summed E-state index contributed by atoms with van der Waals surface area (Å²) in [5, 5.41) is 15.0. The fourth-order valence-corrected chi connectivity index (χ4v) is 5.35. The fourth-order valence-electron chi connectivity index (χ4n) is 3.42. The Hall–Kier alpha value is -3.15. The van der Waals surface area contributed by atoms with Crippen molar-refractivity contribution in [1.29, 1.82) is 5.26 Å². The summed E-state index contributed by atoms with van der Waals surface area (Å²) in [5.41, 5.74) is 1.56. The molecule has 0 saturated heterocycles. The maximum atomic E-state index is 12.3. The van der Waals surface area contributed by atoms with Gasteiger partial charge in [-0.3, -0.25) is 9.36 Å². The quantitative estimate of drug-likeness (QED) is 0.574. The van der Waals surface area contributed by atoms with Crippen molar-refractivity contribution in [1.82, 2.24) is 4.57 Å². The first-order valence-electron chi connectivity index (χ1n) is 9.51. The van der Waals surface area contributed by atoms with Gasteiger partial charge in [-0.1, -0.05) is 6.07 Å². The SMILES string of the molecule is N#Cc1c(NC(=O)C=Cc2cccs2)sc2c1CCC(COC(=O)n1cccc1)C2. The molecule has 0 spiro atoms. The summed E-state index contributed by atoms with van der Waals surface area (Å²) in [6.45, 7) is 0.335. The van der Waals surface area contributed by atoms with Crippen LogP contribution in [0.5, 0.6) is 0 Å². The van der Waals surface area contributed by atoms with Gasteiger partial charge in [0.15, 0.2) is 0 Å². The van der Waals surface area contributed by atoms with E-state index in [-0.39, 0.29) is 17.9 Å². The third-order valence-electron chi connectivity index (χ3n) is 4.92. The molecule has 4 rings (SSSR count). The van der Waals surface area contributed by atoms with E-state index in [1.807, 2.05) is 17.5 Å². The van der Waals surface area contributed by atoms with Gasteiger partial charge in [0.05, 0.1) is 12.2 Å². The van der Waals surface area contributed by atoms with Crippen molar-refractivity contribution in [3.05, 3.63) is 69.0 Å². The Bertz CT molecular complexity index is 1110. The van der Waals surface area contributed by atoms with Gasteiger partial charge in [0, 0.05) is 28.2 Å². The molecule has 3 aromatic rings. The summed E-state index contributed by atoms with van der Waals surface area (Å²) >= 11 is 3.00. The Labute approximate surface area is 182 Å². The average molecular weight is 438 g/mol. The van der Waals surface area contributed by atoms with Crippen molar-refractivity contribution < 1.29 is 14.3 Å². The average Bonchev–Trinajstić information content (AvgIpc) is 3.51. The van der Waals surface area contributed by atoms with Gasteiger partial charge in [0.25, 0.3) is 0 Å². The highest BCUT2D eigenvalue weighted by Crippen LogP contribution is 2.39. The second-order valence-corrected chi connectivity index (χ2v) is 9.02. The minimum Gasteiger partial charge on any atom is -0.449 e. The van der Waals surface area contributed by atoms with Crippen molar-refractivity contribution in [2.45, 2.75) is 19.3 Å². The van der Waals surface area contributed by atoms with Crippen LogP contribution in [-0.2, 0) is 22.4 Å². The second-order valence-electron chi connectivity index (χ2n) is 6.93. The lowest BCUT2D eigenvalue weighted by molar-refractivity contribution is -0.111. The lowest BCUT2D eigenvalue weighted by Gasteiger charge is -2.21. The van der Waals surface area contributed by atoms with Crippen LogP contribution in [-0.4, -0.2) is 23.2 Å². The Morgan fingerprint density at radius 1 is 1.33 bits per heavy atom. The van der Waals surface area contributed by atoms with Crippen molar-refractivity contribution in [2.24, 2.45) is 5.92 Å². The number of nitriles is 1. The number of anilines is 1. The molecule has 30 heavy (non-hydrogen) atoms. The third-order valence-corrected chi connectivity index (χ3v) is 6.92. The predicted molar refractivity (Wildman–Crippen MR) is 118 cm³/mol. The molecule has 1 amide bonds. The number of hydrogen-bond acceptors (Lipinski definition) is 6. The molecule has 1 aliphatic rings. The van der Waals surface area contributed by atoms with Crippen LogP contribution in [0.25, 0.3) is 6.08 Å². The van der Waals surface area contributed by atoms with Crippen LogP contribution in [0, 0.1) is 17.2 Å². The molecule has 3 heterocycles. The Balaban J connectivity index is 1.40. The van der Waals surface area contributed by atoms with Gasteiger partial charge < -0.3 is 10.1 Å². The summed E-state index contributed by atoms with van der Waals surface area (Å²) in [6, 6.07) is 9.65. The van der Waals surface area contributed by atoms with Gasteiger partial charge in [-0.2, -0.15) is 5.26 Å². The van der Waals surface area contributed by atoms with Crippen molar-refractivity contribution in [2.75, 3.05) is 11.9 Å². The molecule has 1 aliphatic carbocycles. The lowest BCUT2D eigenvalue weighted by atomic mass is 9.88. The molecule has 8 heteroatoms. The summed E-state index contributed by atoms with van der Waals surface area (Å²) in [4.78, 5) is 26.4. The molecule has 0 aromatic carbocycles. The zero-order chi connectivity index (χ0) is 20.9. The van der Waals surface area contributed by atoms with E-state index in [4.69, 9.17) is 4.74 Å². The van der Waals surface area contributed by atoms with E-state index in [1.165, 1.54) is 22.0 Å². The van der Waals surface area contributed by atoms with Crippen LogP contribution in [0.2, 0.25) is 0 Å². The molecule has 1 N–H and O–H groups in total. The lowest BCUT2D eigenvalue weighted by Crippen LogP contribution is -2.22. The summed E-state index contributed by atoms with van der Waals surface area (Å²) < 4.78 is 6.83. The van der Waals surface area contributed by atoms with Crippen LogP contribution >= 0.6 is 22.7 Å². The fraction of sp³-hybridized carbons (Fsp3) is 0.227. The largest absolute Gasteiger partial charge is 0.449 e. The zero-order valence-electron chi connectivity index (χ0n) is 16.0. The molecule has 3 aromatic heterocycles. The number of nitrogens with one attached hydrogen (secondary N) is 1. The van der Waals surface area contributed by atoms with Crippen molar-refractivity contribution >= 4 is 45.8 Å².